The summed E-state index contributed by atoms with van der Waals surface area (Å²) in [5, 5.41) is 13.4. The fraction of sp³-hybridized carbons (Fsp3) is 0.741. The largest absolute Gasteiger partial charge is 0.508 e. The van der Waals surface area contributed by atoms with Crippen LogP contribution >= 0.6 is 0 Å². The van der Waals surface area contributed by atoms with E-state index in [2.05, 4.69) is 12.2 Å². The van der Waals surface area contributed by atoms with Gasteiger partial charge in [0.2, 0.25) is 5.91 Å². The van der Waals surface area contributed by atoms with Crippen LogP contribution in [0.25, 0.3) is 0 Å². The van der Waals surface area contributed by atoms with Crippen LogP contribution in [0.3, 0.4) is 0 Å². The minimum Gasteiger partial charge on any atom is -0.508 e. The lowest BCUT2D eigenvalue weighted by Gasteiger charge is -2.04. The molecule has 0 atom stereocenters. The molecule has 0 spiro atoms. The standard InChI is InChI=1S/C27H46NO2/c1-2-3-4-5-6-7-8-9-10-11-12-13-14-15-16-17-18-19-27(30)28-24-25-20-22-26(29)23-21-25/h20-23,29H,2-19,24H2,1H3. The van der Waals surface area contributed by atoms with Gasteiger partial charge in [-0.15, -0.1) is 0 Å². The van der Waals surface area contributed by atoms with E-state index in [0.717, 1.165) is 18.4 Å². The highest BCUT2D eigenvalue weighted by Crippen LogP contribution is 2.14. The minimum absolute atomic E-state index is 0.00374. The number of phenols is 1. The van der Waals surface area contributed by atoms with E-state index < -0.39 is 0 Å². The van der Waals surface area contributed by atoms with Crippen LogP contribution in [0.2, 0.25) is 0 Å². The molecule has 0 aromatic heterocycles. The van der Waals surface area contributed by atoms with Gasteiger partial charge in [-0.1, -0.05) is 122 Å². The normalized spacial score (nSPS) is 11.0. The average Bonchev–Trinajstić information content (AvgIpc) is 2.75. The number of hydrogen-bond acceptors (Lipinski definition) is 2. The quantitative estimate of drug-likeness (QED) is 0.218. The van der Waals surface area contributed by atoms with E-state index in [1.807, 2.05) is 12.1 Å². The van der Waals surface area contributed by atoms with Crippen molar-refractivity contribution in [2.45, 2.75) is 129 Å². The Morgan fingerprint density at radius 1 is 0.667 bits per heavy atom. The summed E-state index contributed by atoms with van der Waals surface area (Å²) >= 11 is 0. The molecule has 0 aliphatic heterocycles. The summed E-state index contributed by atoms with van der Waals surface area (Å²) in [7, 11) is 0. The van der Waals surface area contributed by atoms with E-state index >= 15 is 0 Å². The Morgan fingerprint density at radius 3 is 1.50 bits per heavy atom. The molecule has 0 unspecified atom stereocenters. The Bertz CT molecular complexity index is 512. The number of benzene rings is 1. The molecule has 0 saturated carbocycles. The van der Waals surface area contributed by atoms with E-state index in [1.54, 1.807) is 12.1 Å². The van der Waals surface area contributed by atoms with Crippen molar-refractivity contribution >= 4 is 5.91 Å². The van der Waals surface area contributed by atoms with E-state index in [4.69, 9.17) is 0 Å². The first-order chi connectivity index (χ1) is 14.7. The van der Waals surface area contributed by atoms with Crippen molar-refractivity contribution in [3.63, 3.8) is 0 Å². The van der Waals surface area contributed by atoms with Crippen LogP contribution in [0.4, 0.5) is 0 Å². The lowest BCUT2D eigenvalue weighted by molar-refractivity contribution is -0.121. The number of carbonyl (C=O) groups is 1. The molecule has 1 aromatic carbocycles. The number of nitrogens with zero attached hydrogens (tertiary/aromatic N) is 1. The second-order valence-electron chi connectivity index (χ2n) is 8.78. The molecule has 3 nitrogen and oxygen atoms in total. The zero-order chi connectivity index (χ0) is 21.7. The lowest BCUT2D eigenvalue weighted by Crippen LogP contribution is -2.14. The highest BCUT2D eigenvalue weighted by atomic mass is 16.3. The molecule has 1 amide bonds. The zero-order valence-electron chi connectivity index (χ0n) is 19.5. The molecule has 0 heterocycles. The minimum atomic E-state index is 0.00374. The number of carbonyl (C=O) groups excluding carboxylic acids is 1. The average molecular weight is 417 g/mol. The Morgan fingerprint density at radius 2 is 1.07 bits per heavy atom. The van der Waals surface area contributed by atoms with Gasteiger partial charge >= 0.3 is 0 Å². The molecule has 0 aliphatic carbocycles. The van der Waals surface area contributed by atoms with Crippen LogP contribution in [0, 0.1) is 0 Å². The van der Waals surface area contributed by atoms with Crippen molar-refractivity contribution in [2.75, 3.05) is 0 Å². The Hall–Kier alpha value is -1.51. The first-order valence-electron chi connectivity index (χ1n) is 12.7. The Balaban J connectivity index is 1.77. The van der Waals surface area contributed by atoms with Gasteiger partial charge in [-0.25, -0.2) is 5.32 Å². The predicted octanol–water partition coefficient (Wildman–Crippen LogP) is 8.06. The monoisotopic (exact) mass is 416 g/mol. The Kier molecular flexibility index (Phi) is 17.2. The molecule has 0 fully saturated rings. The molecule has 1 rings (SSSR count). The van der Waals surface area contributed by atoms with E-state index in [9.17, 15) is 9.90 Å². The molecule has 1 N–H and O–H groups in total. The topological polar surface area (TPSA) is 51.4 Å². The molecule has 171 valence electrons. The van der Waals surface area contributed by atoms with E-state index in [1.165, 1.54) is 96.3 Å². The third-order valence-corrected chi connectivity index (χ3v) is 5.87. The summed E-state index contributed by atoms with van der Waals surface area (Å²) < 4.78 is 0. The van der Waals surface area contributed by atoms with Crippen LogP contribution in [0.15, 0.2) is 24.3 Å². The second-order valence-corrected chi connectivity index (χ2v) is 8.78. The van der Waals surface area contributed by atoms with Crippen molar-refractivity contribution in [2.24, 2.45) is 0 Å². The molecule has 1 aromatic rings. The maximum Gasteiger partial charge on any atom is 0.241 e. The van der Waals surface area contributed by atoms with Gasteiger partial charge < -0.3 is 5.11 Å². The summed E-state index contributed by atoms with van der Waals surface area (Å²) in [6.07, 6.45) is 23.5. The van der Waals surface area contributed by atoms with Gasteiger partial charge in [0, 0.05) is 6.42 Å². The first-order valence-corrected chi connectivity index (χ1v) is 12.7. The van der Waals surface area contributed by atoms with Crippen LogP contribution < -0.4 is 5.32 Å². The smallest absolute Gasteiger partial charge is 0.241 e. The highest BCUT2D eigenvalue weighted by molar-refractivity contribution is 5.75. The number of amides is 1. The van der Waals surface area contributed by atoms with Gasteiger partial charge in [-0.3, -0.25) is 4.79 Å². The van der Waals surface area contributed by atoms with Gasteiger partial charge in [-0.2, -0.15) is 0 Å². The number of unbranched alkanes of at least 4 members (excludes halogenated alkanes) is 16. The molecule has 30 heavy (non-hydrogen) atoms. The van der Waals surface area contributed by atoms with Gasteiger partial charge in [0.15, 0.2) is 0 Å². The highest BCUT2D eigenvalue weighted by Gasteiger charge is 2.03. The third-order valence-electron chi connectivity index (χ3n) is 5.87. The van der Waals surface area contributed by atoms with Crippen LogP contribution in [0.5, 0.6) is 5.75 Å². The van der Waals surface area contributed by atoms with E-state index in [0.29, 0.717) is 13.0 Å². The molecular weight excluding hydrogens is 370 g/mol. The molecule has 1 radical (unpaired) electrons. The molecule has 0 saturated heterocycles. The summed E-state index contributed by atoms with van der Waals surface area (Å²) in [5.41, 5.74) is 0.962. The van der Waals surface area contributed by atoms with Crippen LogP contribution in [-0.2, 0) is 11.3 Å². The number of rotatable bonds is 20. The van der Waals surface area contributed by atoms with Crippen LogP contribution in [0.1, 0.15) is 128 Å². The van der Waals surface area contributed by atoms with Crippen molar-refractivity contribution in [3.05, 3.63) is 29.8 Å². The van der Waals surface area contributed by atoms with Gasteiger partial charge in [0.1, 0.15) is 5.75 Å². The molecule has 0 aliphatic rings. The predicted molar refractivity (Wildman–Crippen MR) is 128 cm³/mol. The summed E-state index contributed by atoms with van der Waals surface area (Å²) in [4.78, 5) is 11.8. The SMILES string of the molecule is CCCCCCCCCCCCCCCCCCCC(=O)[N]Cc1ccc(O)cc1. The number of phenolic OH excluding ortho intramolecular Hbond substituents is 1. The van der Waals surface area contributed by atoms with Crippen LogP contribution in [-0.4, -0.2) is 11.0 Å². The lowest BCUT2D eigenvalue weighted by atomic mass is 10.0. The van der Waals surface area contributed by atoms with Crippen molar-refractivity contribution in [1.29, 1.82) is 0 Å². The third kappa shape index (κ3) is 16.3. The molecule has 3 heteroatoms. The van der Waals surface area contributed by atoms with Gasteiger partial charge in [0.25, 0.3) is 0 Å². The number of aromatic hydroxyl groups is 1. The van der Waals surface area contributed by atoms with Gasteiger partial charge in [0.05, 0.1) is 6.54 Å². The number of hydrogen-bond donors (Lipinski definition) is 1. The first kappa shape index (κ1) is 26.5. The maximum absolute atomic E-state index is 11.8. The molecule has 0 bridgehead atoms. The molecular formula is C27H46NO2. The van der Waals surface area contributed by atoms with E-state index in [-0.39, 0.29) is 11.7 Å². The fourth-order valence-electron chi connectivity index (χ4n) is 3.86. The van der Waals surface area contributed by atoms with Crippen molar-refractivity contribution in [1.82, 2.24) is 5.32 Å². The summed E-state index contributed by atoms with van der Waals surface area (Å²) in [5.74, 6) is 0.248. The van der Waals surface area contributed by atoms with Gasteiger partial charge in [-0.05, 0) is 24.1 Å². The summed E-state index contributed by atoms with van der Waals surface area (Å²) in [6.45, 7) is 2.70. The maximum atomic E-state index is 11.8. The van der Waals surface area contributed by atoms with Crippen molar-refractivity contribution < 1.29 is 9.90 Å². The Labute approximate surface area is 186 Å². The zero-order valence-corrected chi connectivity index (χ0v) is 19.5. The second kappa shape index (κ2) is 19.5. The van der Waals surface area contributed by atoms with Crippen molar-refractivity contribution in [3.8, 4) is 5.75 Å². The fourth-order valence-corrected chi connectivity index (χ4v) is 3.86. The summed E-state index contributed by atoms with van der Waals surface area (Å²) in [6, 6.07) is 6.88.